The van der Waals surface area contributed by atoms with Crippen LogP contribution in [0.1, 0.15) is 54.9 Å². The highest BCUT2D eigenvalue weighted by atomic mass is 16.5. The first-order valence-corrected chi connectivity index (χ1v) is 7.64. The molecule has 116 valence electrons. The number of esters is 1. The molecule has 0 saturated carbocycles. The molecule has 0 heterocycles. The van der Waals surface area contributed by atoms with Crippen LogP contribution in [-0.4, -0.2) is 25.0 Å². The summed E-state index contributed by atoms with van der Waals surface area (Å²) < 4.78 is 5.11. The molecule has 1 N–H and O–H groups in total. The minimum absolute atomic E-state index is 0.0255. The quantitative estimate of drug-likeness (QED) is 0.561. The van der Waals surface area contributed by atoms with Crippen LogP contribution < -0.4 is 5.32 Å². The van der Waals surface area contributed by atoms with Gasteiger partial charge in [-0.25, -0.2) is 4.79 Å². The van der Waals surface area contributed by atoms with E-state index in [2.05, 4.69) is 12.2 Å². The van der Waals surface area contributed by atoms with E-state index in [0.29, 0.717) is 18.5 Å². The van der Waals surface area contributed by atoms with E-state index in [-0.39, 0.29) is 18.5 Å². The third kappa shape index (κ3) is 7.49. The Labute approximate surface area is 126 Å². The van der Waals surface area contributed by atoms with Gasteiger partial charge in [-0.05, 0) is 25.5 Å². The van der Waals surface area contributed by atoms with Gasteiger partial charge in [-0.15, -0.1) is 0 Å². The Kier molecular flexibility index (Phi) is 8.17. The smallest absolute Gasteiger partial charge is 0.338 e. The lowest BCUT2D eigenvalue weighted by molar-refractivity contribution is -0.121. The molecule has 0 aliphatic heterocycles. The maximum atomic E-state index is 11.7. The molecule has 1 aromatic rings. The summed E-state index contributed by atoms with van der Waals surface area (Å²) in [5.41, 5.74) is 1.63. The van der Waals surface area contributed by atoms with Gasteiger partial charge in [0.25, 0.3) is 0 Å². The Morgan fingerprint density at radius 1 is 1.10 bits per heavy atom. The number of rotatable bonds is 9. The molecule has 0 aliphatic carbocycles. The minimum Gasteiger partial charge on any atom is -0.460 e. The molecule has 4 nitrogen and oxygen atoms in total. The number of ether oxygens (including phenoxy) is 1. The third-order valence-corrected chi connectivity index (χ3v) is 3.20. The van der Waals surface area contributed by atoms with E-state index in [1.165, 1.54) is 6.42 Å². The van der Waals surface area contributed by atoms with Crippen molar-refractivity contribution in [1.29, 1.82) is 0 Å². The van der Waals surface area contributed by atoms with Crippen LogP contribution in [-0.2, 0) is 9.53 Å². The minimum atomic E-state index is -0.354. The van der Waals surface area contributed by atoms with E-state index in [0.717, 1.165) is 24.8 Å². The number of carbonyl (C=O) groups excluding carboxylic acids is 2. The topological polar surface area (TPSA) is 55.4 Å². The molecule has 0 fully saturated rings. The maximum Gasteiger partial charge on any atom is 0.338 e. The Bertz CT molecular complexity index is 440. The van der Waals surface area contributed by atoms with Crippen LogP contribution in [0.4, 0.5) is 0 Å². The van der Waals surface area contributed by atoms with Gasteiger partial charge in [0.2, 0.25) is 5.91 Å². The number of nitrogens with one attached hydrogen (secondary N) is 1. The van der Waals surface area contributed by atoms with Crippen molar-refractivity contribution in [3.8, 4) is 0 Å². The van der Waals surface area contributed by atoms with Gasteiger partial charge >= 0.3 is 5.97 Å². The molecule has 0 aromatic heterocycles. The van der Waals surface area contributed by atoms with Crippen molar-refractivity contribution >= 4 is 11.9 Å². The van der Waals surface area contributed by atoms with Gasteiger partial charge in [-0.2, -0.15) is 0 Å². The lowest BCUT2D eigenvalue weighted by Crippen LogP contribution is -2.27. The molecular formula is C17H25NO3. The second kappa shape index (κ2) is 9.97. The molecule has 0 saturated heterocycles. The number of amides is 1. The Hall–Kier alpha value is -1.84. The zero-order valence-electron chi connectivity index (χ0n) is 13.0. The molecule has 1 rings (SSSR count). The third-order valence-electron chi connectivity index (χ3n) is 3.20. The normalized spacial score (nSPS) is 10.2. The van der Waals surface area contributed by atoms with Gasteiger partial charge in [-0.3, -0.25) is 4.79 Å². The van der Waals surface area contributed by atoms with Crippen LogP contribution in [0.25, 0.3) is 0 Å². The lowest BCUT2D eigenvalue weighted by Gasteiger charge is -2.07. The molecule has 1 aromatic carbocycles. The first kappa shape index (κ1) is 17.2. The van der Waals surface area contributed by atoms with Crippen molar-refractivity contribution in [1.82, 2.24) is 5.32 Å². The Balaban J connectivity index is 2.12. The molecule has 21 heavy (non-hydrogen) atoms. The fourth-order valence-electron chi connectivity index (χ4n) is 1.91. The fourth-order valence-corrected chi connectivity index (χ4v) is 1.91. The predicted octanol–water partition coefficient (Wildman–Crippen LogP) is 3.24. The molecule has 0 spiro atoms. The van der Waals surface area contributed by atoms with Gasteiger partial charge in [0, 0.05) is 6.42 Å². The average molecular weight is 291 g/mol. The van der Waals surface area contributed by atoms with Gasteiger partial charge in [0.05, 0.1) is 12.1 Å². The average Bonchev–Trinajstić information content (AvgIpc) is 2.48. The van der Waals surface area contributed by atoms with Crippen molar-refractivity contribution in [3.63, 3.8) is 0 Å². The fraction of sp³-hybridized carbons (Fsp3) is 0.529. The summed E-state index contributed by atoms with van der Waals surface area (Å²) >= 11 is 0. The summed E-state index contributed by atoms with van der Waals surface area (Å²) in [7, 11) is 0. The largest absolute Gasteiger partial charge is 0.460 e. The standard InChI is InChI=1S/C17H25NO3/c1-3-4-5-6-7-16(19)18-12-13-21-17(20)15-10-8-14(2)9-11-15/h8-11H,3-7,12-13H2,1-2H3,(H,18,19). The maximum absolute atomic E-state index is 11.7. The summed E-state index contributed by atoms with van der Waals surface area (Å²) in [5.74, 6) is -0.329. The van der Waals surface area contributed by atoms with Crippen LogP contribution in [0.15, 0.2) is 24.3 Å². The number of hydrogen-bond acceptors (Lipinski definition) is 3. The molecule has 0 atom stereocenters. The second-order valence-electron chi connectivity index (χ2n) is 5.16. The van der Waals surface area contributed by atoms with Crippen molar-refractivity contribution in [2.45, 2.75) is 46.0 Å². The van der Waals surface area contributed by atoms with E-state index >= 15 is 0 Å². The molecule has 4 heteroatoms. The van der Waals surface area contributed by atoms with E-state index in [1.807, 2.05) is 19.1 Å². The van der Waals surface area contributed by atoms with E-state index in [1.54, 1.807) is 12.1 Å². The predicted molar refractivity (Wildman–Crippen MR) is 83.2 cm³/mol. The molecule has 1 amide bonds. The van der Waals surface area contributed by atoms with Gasteiger partial charge in [0.15, 0.2) is 0 Å². The summed E-state index contributed by atoms with van der Waals surface area (Å²) in [6.45, 7) is 4.67. The van der Waals surface area contributed by atoms with E-state index in [9.17, 15) is 9.59 Å². The number of aryl methyl sites for hydroxylation is 1. The zero-order chi connectivity index (χ0) is 15.5. The highest BCUT2D eigenvalue weighted by Gasteiger charge is 2.06. The van der Waals surface area contributed by atoms with Crippen LogP contribution >= 0.6 is 0 Å². The van der Waals surface area contributed by atoms with Crippen LogP contribution in [0.2, 0.25) is 0 Å². The highest BCUT2D eigenvalue weighted by Crippen LogP contribution is 2.04. The summed E-state index contributed by atoms with van der Waals surface area (Å²) in [6.07, 6.45) is 4.89. The monoisotopic (exact) mass is 291 g/mol. The van der Waals surface area contributed by atoms with Gasteiger partial charge in [-0.1, -0.05) is 43.9 Å². The zero-order valence-corrected chi connectivity index (χ0v) is 13.0. The molecular weight excluding hydrogens is 266 g/mol. The van der Waals surface area contributed by atoms with E-state index in [4.69, 9.17) is 4.74 Å². The highest BCUT2D eigenvalue weighted by molar-refractivity contribution is 5.89. The Morgan fingerprint density at radius 3 is 2.48 bits per heavy atom. The van der Waals surface area contributed by atoms with Gasteiger partial charge < -0.3 is 10.1 Å². The van der Waals surface area contributed by atoms with Crippen molar-refractivity contribution in [2.75, 3.05) is 13.2 Å². The van der Waals surface area contributed by atoms with Crippen molar-refractivity contribution in [2.24, 2.45) is 0 Å². The first-order chi connectivity index (χ1) is 10.1. The van der Waals surface area contributed by atoms with Crippen LogP contribution in [0, 0.1) is 6.92 Å². The van der Waals surface area contributed by atoms with Crippen molar-refractivity contribution < 1.29 is 14.3 Å². The van der Waals surface area contributed by atoms with Gasteiger partial charge in [0.1, 0.15) is 6.61 Å². The first-order valence-electron chi connectivity index (χ1n) is 7.64. The summed E-state index contributed by atoms with van der Waals surface area (Å²) in [5, 5.41) is 2.76. The molecule has 0 unspecified atom stereocenters. The molecule has 0 aliphatic rings. The summed E-state index contributed by atoms with van der Waals surface area (Å²) in [6, 6.07) is 7.22. The number of hydrogen-bond donors (Lipinski definition) is 1. The number of benzene rings is 1. The Morgan fingerprint density at radius 2 is 1.81 bits per heavy atom. The number of carbonyl (C=O) groups is 2. The van der Waals surface area contributed by atoms with Crippen LogP contribution in [0.3, 0.4) is 0 Å². The molecule has 0 bridgehead atoms. The summed E-state index contributed by atoms with van der Waals surface area (Å²) in [4.78, 5) is 23.2. The second-order valence-corrected chi connectivity index (χ2v) is 5.16. The SMILES string of the molecule is CCCCCCC(=O)NCCOC(=O)c1ccc(C)cc1. The molecule has 0 radical (unpaired) electrons. The van der Waals surface area contributed by atoms with E-state index < -0.39 is 0 Å². The van der Waals surface area contributed by atoms with Crippen LogP contribution in [0.5, 0.6) is 0 Å². The lowest BCUT2D eigenvalue weighted by atomic mass is 10.1. The van der Waals surface area contributed by atoms with Crippen molar-refractivity contribution in [3.05, 3.63) is 35.4 Å². The number of unbranched alkanes of at least 4 members (excludes halogenated alkanes) is 3.